The highest BCUT2D eigenvalue weighted by Crippen LogP contribution is 2.13. The molecule has 92 valence electrons. The van der Waals surface area contributed by atoms with Crippen LogP contribution in [0.1, 0.15) is 0 Å². The van der Waals surface area contributed by atoms with Crippen molar-refractivity contribution in [1.29, 1.82) is 0 Å². The molecule has 0 radical (unpaired) electrons. The van der Waals surface area contributed by atoms with Crippen molar-refractivity contribution in [2.24, 2.45) is 0 Å². The quantitative estimate of drug-likeness (QED) is 0.484. The van der Waals surface area contributed by atoms with Gasteiger partial charge in [-0.3, -0.25) is 0 Å². The monoisotopic (exact) mass is 348 g/mol. The lowest BCUT2D eigenvalue weighted by Crippen LogP contribution is -2.24. The molecule has 0 bridgehead atoms. The maximum Gasteiger partial charge on any atom is 0.330 e. The first-order chi connectivity index (χ1) is 8.11. The SMILES string of the molecule is C=CC(=O)OCC(O)COc1ccc(I)cc1. The zero-order chi connectivity index (χ0) is 12.7. The van der Waals surface area contributed by atoms with E-state index in [0.717, 1.165) is 9.65 Å². The zero-order valence-corrected chi connectivity index (χ0v) is 11.3. The average Bonchev–Trinajstić information content (AvgIpc) is 2.35. The number of carbonyl (C=O) groups excluding carboxylic acids is 1. The van der Waals surface area contributed by atoms with Crippen LogP contribution in [0.3, 0.4) is 0 Å². The Hall–Kier alpha value is -1.08. The van der Waals surface area contributed by atoms with Gasteiger partial charge in [0.25, 0.3) is 0 Å². The second kappa shape index (κ2) is 7.29. The molecule has 4 nitrogen and oxygen atoms in total. The van der Waals surface area contributed by atoms with E-state index in [2.05, 4.69) is 33.9 Å². The molecule has 0 aliphatic carbocycles. The minimum absolute atomic E-state index is 0.0744. The predicted molar refractivity (Wildman–Crippen MR) is 71.8 cm³/mol. The van der Waals surface area contributed by atoms with Gasteiger partial charge in [0.15, 0.2) is 0 Å². The van der Waals surface area contributed by atoms with E-state index in [0.29, 0.717) is 5.75 Å². The number of benzene rings is 1. The number of halogens is 1. The maximum absolute atomic E-state index is 10.7. The Balaban J connectivity index is 2.28. The zero-order valence-electron chi connectivity index (χ0n) is 9.14. The summed E-state index contributed by atoms with van der Waals surface area (Å²) in [7, 11) is 0. The summed E-state index contributed by atoms with van der Waals surface area (Å²) in [6.45, 7) is 3.22. The number of ether oxygens (including phenoxy) is 2. The molecule has 5 heteroatoms. The van der Waals surface area contributed by atoms with Crippen LogP contribution in [-0.2, 0) is 9.53 Å². The van der Waals surface area contributed by atoms with Crippen molar-refractivity contribution in [2.45, 2.75) is 6.10 Å². The number of aliphatic hydroxyl groups is 1. The Labute approximate surface area is 113 Å². The predicted octanol–water partition coefficient (Wildman–Crippen LogP) is 1.76. The molecule has 0 spiro atoms. The van der Waals surface area contributed by atoms with E-state index >= 15 is 0 Å². The Morgan fingerprint density at radius 1 is 1.41 bits per heavy atom. The smallest absolute Gasteiger partial charge is 0.330 e. The van der Waals surface area contributed by atoms with Crippen LogP contribution >= 0.6 is 22.6 Å². The number of carbonyl (C=O) groups is 1. The molecule has 0 aliphatic rings. The Morgan fingerprint density at radius 3 is 2.65 bits per heavy atom. The molecule has 0 heterocycles. The van der Waals surface area contributed by atoms with Crippen LogP contribution in [0.5, 0.6) is 5.75 Å². The fourth-order valence-corrected chi connectivity index (χ4v) is 1.37. The van der Waals surface area contributed by atoms with Gasteiger partial charge in [-0.25, -0.2) is 4.79 Å². The molecule has 1 rings (SSSR count). The number of rotatable bonds is 6. The van der Waals surface area contributed by atoms with Crippen molar-refractivity contribution in [2.75, 3.05) is 13.2 Å². The van der Waals surface area contributed by atoms with E-state index in [4.69, 9.17) is 4.74 Å². The molecular weight excluding hydrogens is 335 g/mol. The summed E-state index contributed by atoms with van der Waals surface area (Å²) >= 11 is 2.19. The van der Waals surface area contributed by atoms with E-state index in [9.17, 15) is 9.90 Å². The van der Waals surface area contributed by atoms with Gasteiger partial charge in [0, 0.05) is 9.65 Å². The number of esters is 1. The molecule has 1 unspecified atom stereocenters. The molecule has 0 aliphatic heterocycles. The van der Waals surface area contributed by atoms with E-state index < -0.39 is 12.1 Å². The van der Waals surface area contributed by atoms with Crippen molar-refractivity contribution >= 4 is 28.6 Å². The van der Waals surface area contributed by atoms with Crippen molar-refractivity contribution in [1.82, 2.24) is 0 Å². The van der Waals surface area contributed by atoms with Gasteiger partial charge in [-0.1, -0.05) is 6.58 Å². The third kappa shape index (κ3) is 5.69. The summed E-state index contributed by atoms with van der Waals surface area (Å²) in [6.07, 6.45) is 0.199. The van der Waals surface area contributed by atoms with Gasteiger partial charge in [0.05, 0.1) is 0 Å². The van der Waals surface area contributed by atoms with E-state index in [1.807, 2.05) is 24.3 Å². The largest absolute Gasteiger partial charge is 0.491 e. The first-order valence-electron chi connectivity index (χ1n) is 4.97. The van der Waals surface area contributed by atoms with E-state index in [1.165, 1.54) is 0 Å². The standard InChI is InChI=1S/C12H13IO4/c1-2-12(15)17-8-10(14)7-16-11-5-3-9(13)4-6-11/h2-6,10,14H,1,7-8H2. The summed E-state index contributed by atoms with van der Waals surface area (Å²) in [5, 5.41) is 9.47. The molecule has 1 aromatic rings. The highest BCUT2D eigenvalue weighted by atomic mass is 127. The van der Waals surface area contributed by atoms with Gasteiger partial charge in [-0.2, -0.15) is 0 Å². The first-order valence-corrected chi connectivity index (χ1v) is 6.05. The third-order valence-corrected chi connectivity index (χ3v) is 2.56. The van der Waals surface area contributed by atoms with Crippen molar-refractivity contribution in [3.05, 3.63) is 40.5 Å². The van der Waals surface area contributed by atoms with Gasteiger partial charge in [0.2, 0.25) is 0 Å². The lowest BCUT2D eigenvalue weighted by atomic mass is 10.3. The molecule has 1 atom stereocenters. The molecule has 0 saturated heterocycles. The summed E-state index contributed by atoms with van der Waals surface area (Å²) in [4.78, 5) is 10.7. The van der Waals surface area contributed by atoms with Crippen LogP contribution < -0.4 is 4.74 Å². The van der Waals surface area contributed by atoms with Crippen molar-refractivity contribution < 1.29 is 19.4 Å². The van der Waals surface area contributed by atoms with E-state index in [-0.39, 0.29) is 13.2 Å². The number of hydrogen-bond donors (Lipinski definition) is 1. The Morgan fingerprint density at radius 2 is 2.06 bits per heavy atom. The second-order valence-corrected chi connectivity index (χ2v) is 4.50. The number of aliphatic hydroxyl groups excluding tert-OH is 1. The van der Waals surface area contributed by atoms with Gasteiger partial charge in [-0.15, -0.1) is 0 Å². The fraction of sp³-hybridized carbons (Fsp3) is 0.250. The van der Waals surface area contributed by atoms with Crippen LogP contribution in [0.4, 0.5) is 0 Å². The maximum atomic E-state index is 10.7. The Kier molecular flexibility index (Phi) is 5.99. The van der Waals surface area contributed by atoms with Gasteiger partial charge in [0.1, 0.15) is 25.1 Å². The highest BCUT2D eigenvalue weighted by Gasteiger charge is 2.07. The summed E-state index contributed by atoms with van der Waals surface area (Å²) in [5.41, 5.74) is 0. The molecule has 17 heavy (non-hydrogen) atoms. The van der Waals surface area contributed by atoms with Gasteiger partial charge >= 0.3 is 5.97 Å². The normalized spacial score (nSPS) is 11.6. The van der Waals surface area contributed by atoms with Crippen LogP contribution in [-0.4, -0.2) is 30.4 Å². The van der Waals surface area contributed by atoms with Crippen LogP contribution in [0, 0.1) is 3.57 Å². The van der Waals surface area contributed by atoms with Gasteiger partial charge < -0.3 is 14.6 Å². The molecule has 0 fully saturated rings. The fourth-order valence-electron chi connectivity index (χ4n) is 1.01. The lowest BCUT2D eigenvalue weighted by Gasteiger charge is -2.12. The molecule has 0 aromatic heterocycles. The second-order valence-electron chi connectivity index (χ2n) is 3.25. The molecule has 0 amide bonds. The lowest BCUT2D eigenvalue weighted by molar-refractivity contribution is -0.141. The molecule has 1 N–H and O–H groups in total. The van der Waals surface area contributed by atoms with Crippen molar-refractivity contribution in [3.8, 4) is 5.75 Å². The van der Waals surface area contributed by atoms with E-state index in [1.54, 1.807) is 0 Å². The molecule has 1 aromatic carbocycles. The van der Waals surface area contributed by atoms with Crippen LogP contribution in [0.2, 0.25) is 0 Å². The summed E-state index contributed by atoms with van der Waals surface area (Å²) in [6, 6.07) is 7.43. The number of hydrogen-bond acceptors (Lipinski definition) is 4. The minimum atomic E-state index is -0.849. The van der Waals surface area contributed by atoms with Gasteiger partial charge in [-0.05, 0) is 46.9 Å². The Bertz CT molecular complexity index is 375. The summed E-state index contributed by atoms with van der Waals surface area (Å²) < 4.78 is 11.1. The van der Waals surface area contributed by atoms with Crippen LogP contribution in [0.25, 0.3) is 0 Å². The average molecular weight is 348 g/mol. The molecule has 0 saturated carbocycles. The topological polar surface area (TPSA) is 55.8 Å². The third-order valence-electron chi connectivity index (χ3n) is 1.84. The highest BCUT2D eigenvalue weighted by molar-refractivity contribution is 14.1. The minimum Gasteiger partial charge on any atom is -0.491 e. The first kappa shape index (κ1) is 14.0. The molecular formula is C12H13IO4. The summed E-state index contributed by atoms with van der Waals surface area (Å²) in [5.74, 6) is 0.109. The van der Waals surface area contributed by atoms with Crippen molar-refractivity contribution in [3.63, 3.8) is 0 Å². The van der Waals surface area contributed by atoms with Crippen LogP contribution in [0.15, 0.2) is 36.9 Å².